The normalized spacial score (nSPS) is 11.2. The number of carbonyl (C=O) groups excluding carboxylic acids is 1. The largest absolute Gasteiger partial charge is 0.483 e. The van der Waals surface area contributed by atoms with Crippen LogP contribution in [0.3, 0.4) is 0 Å². The van der Waals surface area contributed by atoms with Crippen molar-refractivity contribution in [1.29, 1.82) is 0 Å². The Kier molecular flexibility index (Phi) is 6.30. The number of nitrogens with one attached hydrogen (secondary N) is 1. The molecule has 0 atom stereocenters. The van der Waals surface area contributed by atoms with Crippen molar-refractivity contribution in [2.75, 3.05) is 6.61 Å². The Balaban J connectivity index is 1.86. The minimum Gasteiger partial charge on any atom is -0.483 e. The molecule has 24 heavy (non-hydrogen) atoms. The third kappa shape index (κ3) is 5.53. The fourth-order valence-corrected chi connectivity index (χ4v) is 2.70. The van der Waals surface area contributed by atoms with Gasteiger partial charge in [0, 0.05) is 11.6 Å². The molecule has 5 heteroatoms. The zero-order valence-electron chi connectivity index (χ0n) is 14.0. The van der Waals surface area contributed by atoms with Crippen LogP contribution in [0.15, 0.2) is 46.9 Å². The Bertz CT molecular complexity index is 708. The first-order chi connectivity index (χ1) is 11.3. The molecule has 0 aliphatic carbocycles. The number of halogens is 2. The van der Waals surface area contributed by atoms with Gasteiger partial charge < -0.3 is 10.1 Å². The van der Waals surface area contributed by atoms with Crippen LogP contribution in [-0.4, -0.2) is 12.5 Å². The van der Waals surface area contributed by atoms with E-state index in [0.717, 1.165) is 10.0 Å². The first kappa shape index (κ1) is 18.8. The molecular formula is C19H21BrClNO2. The molecule has 2 rings (SSSR count). The lowest BCUT2D eigenvalue weighted by Crippen LogP contribution is -2.28. The van der Waals surface area contributed by atoms with E-state index >= 15 is 0 Å². The molecule has 0 fully saturated rings. The highest BCUT2D eigenvalue weighted by atomic mass is 79.9. The van der Waals surface area contributed by atoms with E-state index in [2.05, 4.69) is 42.0 Å². The molecule has 1 amide bonds. The number of hydrogen-bond donors (Lipinski definition) is 1. The van der Waals surface area contributed by atoms with Crippen LogP contribution in [0.25, 0.3) is 0 Å². The van der Waals surface area contributed by atoms with Crippen molar-refractivity contribution >= 4 is 33.4 Å². The monoisotopic (exact) mass is 409 g/mol. The zero-order chi connectivity index (χ0) is 17.7. The van der Waals surface area contributed by atoms with E-state index < -0.39 is 0 Å². The van der Waals surface area contributed by atoms with Gasteiger partial charge in [-0.2, -0.15) is 0 Å². The van der Waals surface area contributed by atoms with Crippen molar-refractivity contribution in [1.82, 2.24) is 5.32 Å². The summed E-state index contributed by atoms with van der Waals surface area (Å²) < 4.78 is 6.44. The van der Waals surface area contributed by atoms with Gasteiger partial charge in [0.15, 0.2) is 6.61 Å². The summed E-state index contributed by atoms with van der Waals surface area (Å²) in [7, 11) is 0. The molecule has 0 aromatic heterocycles. The van der Waals surface area contributed by atoms with Crippen molar-refractivity contribution < 1.29 is 9.53 Å². The summed E-state index contributed by atoms with van der Waals surface area (Å²) in [5.74, 6) is 0.487. The number of ether oxygens (including phenoxy) is 1. The summed E-state index contributed by atoms with van der Waals surface area (Å²) in [6.45, 7) is 6.88. The van der Waals surface area contributed by atoms with Crippen LogP contribution < -0.4 is 10.1 Å². The SMILES string of the molecule is CC(C)(C)c1ccc(OCC(=O)NCc2ccc(Cl)cc2)c(Br)c1. The Morgan fingerprint density at radius 2 is 1.83 bits per heavy atom. The van der Waals surface area contributed by atoms with Gasteiger partial charge >= 0.3 is 0 Å². The molecule has 0 saturated heterocycles. The first-order valence-electron chi connectivity index (χ1n) is 7.69. The van der Waals surface area contributed by atoms with Gasteiger partial charge in [-0.25, -0.2) is 0 Å². The summed E-state index contributed by atoms with van der Waals surface area (Å²) in [5.41, 5.74) is 2.26. The van der Waals surface area contributed by atoms with Gasteiger partial charge in [0.25, 0.3) is 5.91 Å². The van der Waals surface area contributed by atoms with E-state index in [-0.39, 0.29) is 17.9 Å². The third-order valence-corrected chi connectivity index (χ3v) is 4.43. The molecule has 0 aliphatic heterocycles. The standard InChI is InChI=1S/C19H21BrClNO2/c1-19(2,3)14-6-9-17(16(20)10-14)24-12-18(23)22-11-13-4-7-15(21)8-5-13/h4-10H,11-12H2,1-3H3,(H,22,23). The van der Waals surface area contributed by atoms with Crippen molar-refractivity contribution in [3.8, 4) is 5.75 Å². The molecule has 3 nitrogen and oxygen atoms in total. The maximum atomic E-state index is 11.9. The highest BCUT2D eigenvalue weighted by molar-refractivity contribution is 9.10. The van der Waals surface area contributed by atoms with Gasteiger partial charge in [-0.1, -0.05) is 50.6 Å². The second-order valence-electron chi connectivity index (χ2n) is 6.59. The molecule has 0 heterocycles. The van der Waals surface area contributed by atoms with Crippen LogP contribution in [-0.2, 0) is 16.8 Å². The van der Waals surface area contributed by atoms with Crippen molar-refractivity contribution in [2.45, 2.75) is 32.7 Å². The summed E-state index contributed by atoms with van der Waals surface area (Å²) in [4.78, 5) is 11.9. The number of rotatable bonds is 5. The van der Waals surface area contributed by atoms with Gasteiger partial charge in [0.2, 0.25) is 0 Å². The summed E-state index contributed by atoms with van der Waals surface area (Å²) >= 11 is 9.34. The lowest BCUT2D eigenvalue weighted by molar-refractivity contribution is -0.123. The highest BCUT2D eigenvalue weighted by Gasteiger charge is 2.15. The molecule has 128 valence electrons. The highest BCUT2D eigenvalue weighted by Crippen LogP contribution is 2.31. The third-order valence-electron chi connectivity index (χ3n) is 3.56. The number of amides is 1. The van der Waals surface area contributed by atoms with Crippen LogP contribution in [0.1, 0.15) is 31.9 Å². The molecule has 0 radical (unpaired) electrons. The molecule has 1 N–H and O–H groups in total. The maximum Gasteiger partial charge on any atom is 0.258 e. The van der Waals surface area contributed by atoms with Crippen molar-refractivity contribution in [3.05, 3.63) is 63.1 Å². The maximum absolute atomic E-state index is 11.9. The Hall–Kier alpha value is -1.52. The fraction of sp³-hybridized carbons (Fsp3) is 0.316. The second kappa shape index (κ2) is 8.04. The van der Waals surface area contributed by atoms with E-state index in [1.54, 1.807) is 12.1 Å². The molecule has 0 aliphatic rings. The lowest BCUT2D eigenvalue weighted by atomic mass is 9.87. The van der Waals surface area contributed by atoms with Gasteiger partial charge in [0.05, 0.1) is 4.47 Å². The number of hydrogen-bond acceptors (Lipinski definition) is 2. The minimum absolute atomic E-state index is 0.0267. The second-order valence-corrected chi connectivity index (χ2v) is 7.88. The van der Waals surface area contributed by atoms with E-state index in [1.165, 1.54) is 5.56 Å². The van der Waals surface area contributed by atoms with Gasteiger partial charge in [0.1, 0.15) is 5.75 Å². The van der Waals surface area contributed by atoms with Gasteiger partial charge in [-0.15, -0.1) is 0 Å². The quantitative estimate of drug-likeness (QED) is 0.745. The van der Waals surface area contributed by atoms with Gasteiger partial charge in [-0.3, -0.25) is 4.79 Å². The lowest BCUT2D eigenvalue weighted by Gasteiger charge is -2.20. The van der Waals surface area contributed by atoms with E-state index in [1.807, 2.05) is 30.3 Å². The Morgan fingerprint density at radius 3 is 2.42 bits per heavy atom. The predicted molar refractivity (Wildman–Crippen MR) is 102 cm³/mol. The zero-order valence-corrected chi connectivity index (χ0v) is 16.4. The number of benzene rings is 2. The average Bonchev–Trinajstić information content (AvgIpc) is 2.52. The van der Waals surface area contributed by atoms with E-state index in [9.17, 15) is 4.79 Å². The van der Waals surface area contributed by atoms with Gasteiger partial charge in [-0.05, 0) is 56.7 Å². The topological polar surface area (TPSA) is 38.3 Å². The molecule has 0 bridgehead atoms. The molecule has 2 aromatic rings. The van der Waals surface area contributed by atoms with Crippen molar-refractivity contribution in [3.63, 3.8) is 0 Å². The molecule has 0 unspecified atom stereocenters. The average molecular weight is 411 g/mol. The summed E-state index contributed by atoms with van der Waals surface area (Å²) in [6.07, 6.45) is 0. The Labute approximate surface area is 156 Å². The number of carbonyl (C=O) groups is 1. The first-order valence-corrected chi connectivity index (χ1v) is 8.87. The van der Waals surface area contributed by atoms with Crippen LogP contribution in [0.5, 0.6) is 5.75 Å². The molecular weight excluding hydrogens is 390 g/mol. The fourth-order valence-electron chi connectivity index (χ4n) is 2.08. The van der Waals surface area contributed by atoms with Crippen molar-refractivity contribution in [2.24, 2.45) is 0 Å². The Morgan fingerprint density at radius 1 is 1.17 bits per heavy atom. The minimum atomic E-state index is -0.170. The van der Waals surface area contributed by atoms with Crippen LogP contribution >= 0.6 is 27.5 Å². The van der Waals surface area contributed by atoms with Crippen LogP contribution in [0, 0.1) is 0 Å². The van der Waals surface area contributed by atoms with Crippen LogP contribution in [0.4, 0.5) is 0 Å². The van der Waals surface area contributed by atoms with E-state index in [4.69, 9.17) is 16.3 Å². The summed E-state index contributed by atoms with van der Waals surface area (Å²) in [5, 5.41) is 3.50. The predicted octanol–water partition coefficient (Wildman–Crippen LogP) is 5.10. The van der Waals surface area contributed by atoms with E-state index in [0.29, 0.717) is 17.3 Å². The molecule has 0 saturated carbocycles. The summed E-state index contributed by atoms with van der Waals surface area (Å²) in [6, 6.07) is 13.3. The smallest absolute Gasteiger partial charge is 0.258 e. The van der Waals surface area contributed by atoms with Crippen LogP contribution in [0.2, 0.25) is 5.02 Å². The molecule has 0 spiro atoms. The molecule has 2 aromatic carbocycles.